The molecule has 0 saturated heterocycles. The van der Waals surface area contributed by atoms with Crippen LogP contribution in [0.3, 0.4) is 0 Å². The zero-order chi connectivity index (χ0) is 20.3. The maximum absolute atomic E-state index is 12.8. The van der Waals surface area contributed by atoms with Crippen molar-refractivity contribution in [1.29, 1.82) is 0 Å². The Morgan fingerprint density at radius 3 is 2.48 bits per heavy atom. The van der Waals surface area contributed by atoms with E-state index >= 15 is 0 Å². The average Bonchev–Trinajstić information content (AvgIpc) is 3.40. The van der Waals surface area contributed by atoms with Crippen LogP contribution in [0.25, 0.3) is 0 Å². The number of amides is 1. The van der Waals surface area contributed by atoms with Crippen molar-refractivity contribution in [2.24, 2.45) is 0 Å². The van der Waals surface area contributed by atoms with Gasteiger partial charge in [0.1, 0.15) is 5.82 Å². The SMILES string of the molecule is O=C(Nc1ccnn1C1CCCCC1)c1cccc(S(=O)(=O)NC2CCCC2)c1. The minimum atomic E-state index is -3.63. The summed E-state index contributed by atoms with van der Waals surface area (Å²) in [6.45, 7) is 0. The first-order valence-corrected chi connectivity index (χ1v) is 12.0. The van der Waals surface area contributed by atoms with E-state index in [-0.39, 0.29) is 16.8 Å². The lowest BCUT2D eigenvalue weighted by molar-refractivity contribution is 0.102. The molecule has 0 aliphatic heterocycles. The number of rotatable bonds is 6. The van der Waals surface area contributed by atoms with Gasteiger partial charge in [0, 0.05) is 17.7 Å². The third-order valence-corrected chi connectivity index (χ3v) is 7.43. The maximum Gasteiger partial charge on any atom is 0.256 e. The molecule has 2 fully saturated rings. The predicted molar refractivity (Wildman–Crippen MR) is 111 cm³/mol. The number of carbonyl (C=O) groups excluding carboxylic acids is 1. The summed E-state index contributed by atoms with van der Waals surface area (Å²) in [5, 5.41) is 7.30. The van der Waals surface area contributed by atoms with Crippen LogP contribution in [0.4, 0.5) is 5.82 Å². The lowest BCUT2D eigenvalue weighted by Crippen LogP contribution is -2.32. The molecule has 0 spiro atoms. The Balaban J connectivity index is 1.49. The first-order chi connectivity index (χ1) is 14.0. The summed E-state index contributed by atoms with van der Waals surface area (Å²) in [7, 11) is -3.63. The Morgan fingerprint density at radius 2 is 1.72 bits per heavy atom. The van der Waals surface area contributed by atoms with E-state index in [9.17, 15) is 13.2 Å². The number of hydrogen-bond acceptors (Lipinski definition) is 4. The summed E-state index contributed by atoms with van der Waals surface area (Å²) in [6.07, 6.45) is 11.2. The number of anilines is 1. The fraction of sp³-hybridized carbons (Fsp3) is 0.524. The van der Waals surface area contributed by atoms with Crippen LogP contribution in [0.1, 0.15) is 74.2 Å². The van der Waals surface area contributed by atoms with Gasteiger partial charge < -0.3 is 5.32 Å². The quantitative estimate of drug-likeness (QED) is 0.748. The minimum absolute atomic E-state index is 0.0117. The van der Waals surface area contributed by atoms with Gasteiger partial charge >= 0.3 is 0 Å². The lowest BCUT2D eigenvalue weighted by Gasteiger charge is -2.23. The second-order valence-electron chi connectivity index (χ2n) is 8.04. The average molecular weight is 417 g/mol. The van der Waals surface area contributed by atoms with E-state index in [1.54, 1.807) is 24.4 Å². The van der Waals surface area contributed by atoms with Crippen molar-refractivity contribution in [3.8, 4) is 0 Å². The molecule has 1 aromatic carbocycles. The smallest absolute Gasteiger partial charge is 0.256 e. The maximum atomic E-state index is 12.8. The van der Waals surface area contributed by atoms with Crippen LogP contribution in [0.5, 0.6) is 0 Å². The molecule has 2 saturated carbocycles. The molecule has 156 valence electrons. The molecule has 0 unspecified atom stereocenters. The number of carbonyl (C=O) groups is 1. The highest BCUT2D eigenvalue weighted by atomic mass is 32.2. The lowest BCUT2D eigenvalue weighted by atomic mass is 9.96. The van der Waals surface area contributed by atoms with Gasteiger partial charge in [-0.15, -0.1) is 0 Å². The summed E-state index contributed by atoms with van der Waals surface area (Å²) in [6, 6.07) is 8.28. The highest BCUT2D eigenvalue weighted by Gasteiger charge is 2.24. The van der Waals surface area contributed by atoms with Crippen molar-refractivity contribution in [2.75, 3.05) is 5.32 Å². The molecular formula is C21H28N4O3S. The van der Waals surface area contributed by atoms with Crippen LogP contribution in [0.15, 0.2) is 41.4 Å². The van der Waals surface area contributed by atoms with E-state index in [4.69, 9.17) is 0 Å². The molecule has 8 heteroatoms. The van der Waals surface area contributed by atoms with Crippen LogP contribution < -0.4 is 10.0 Å². The number of nitrogens with zero attached hydrogens (tertiary/aromatic N) is 2. The predicted octanol–water partition coefficient (Wildman–Crippen LogP) is 3.86. The third kappa shape index (κ3) is 4.70. The van der Waals surface area contributed by atoms with Gasteiger partial charge in [0.05, 0.1) is 17.1 Å². The molecule has 0 radical (unpaired) electrons. The van der Waals surface area contributed by atoms with Gasteiger partial charge in [-0.2, -0.15) is 5.10 Å². The van der Waals surface area contributed by atoms with Crippen LogP contribution in [-0.4, -0.2) is 30.1 Å². The fourth-order valence-corrected chi connectivity index (χ4v) is 5.70. The molecule has 29 heavy (non-hydrogen) atoms. The molecule has 0 atom stereocenters. The Labute approximate surface area is 171 Å². The van der Waals surface area contributed by atoms with Gasteiger partial charge in [-0.1, -0.05) is 38.2 Å². The standard InChI is InChI=1S/C21H28N4O3S/c26-21(23-20-13-14-22-25(20)18-10-2-1-3-11-18)16-7-6-12-19(15-16)29(27,28)24-17-8-4-5-9-17/h6-7,12-15,17-18,24H,1-5,8-11H2,(H,23,26). The molecule has 2 aliphatic rings. The Bertz CT molecular complexity index is 958. The van der Waals surface area contributed by atoms with Crippen molar-refractivity contribution in [3.63, 3.8) is 0 Å². The van der Waals surface area contributed by atoms with E-state index in [1.807, 2.05) is 4.68 Å². The molecule has 1 heterocycles. The largest absolute Gasteiger partial charge is 0.307 e. The number of benzene rings is 1. The Hall–Kier alpha value is -2.19. The van der Waals surface area contributed by atoms with Gasteiger partial charge in [0.25, 0.3) is 5.91 Å². The van der Waals surface area contributed by atoms with Crippen molar-refractivity contribution in [2.45, 2.75) is 74.8 Å². The minimum Gasteiger partial charge on any atom is -0.307 e. The van der Waals surface area contributed by atoms with E-state index < -0.39 is 10.0 Å². The summed E-state index contributed by atoms with van der Waals surface area (Å²) < 4.78 is 30.0. The molecule has 2 aromatic rings. The van der Waals surface area contributed by atoms with Gasteiger partial charge in [-0.25, -0.2) is 17.8 Å². The van der Waals surface area contributed by atoms with Crippen molar-refractivity contribution >= 4 is 21.7 Å². The monoisotopic (exact) mass is 416 g/mol. The Morgan fingerprint density at radius 1 is 1.00 bits per heavy atom. The normalized spacial score (nSPS) is 18.8. The Kier molecular flexibility index (Phi) is 6.01. The number of nitrogens with one attached hydrogen (secondary N) is 2. The molecule has 2 N–H and O–H groups in total. The second-order valence-corrected chi connectivity index (χ2v) is 9.75. The van der Waals surface area contributed by atoms with Crippen LogP contribution >= 0.6 is 0 Å². The summed E-state index contributed by atoms with van der Waals surface area (Å²) in [4.78, 5) is 12.9. The van der Waals surface area contributed by atoms with Gasteiger partial charge in [0.15, 0.2) is 0 Å². The van der Waals surface area contributed by atoms with Gasteiger partial charge in [0.2, 0.25) is 10.0 Å². The molecule has 7 nitrogen and oxygen atoms in total. The molecule has 0 bridgehead atoms. The first-order valence-electron chi connectivity index (χ1n) is 10.5. The molecule has 1 aromatic heterocycles. The van der Waals surface area contributed by atoms with E-state index in [2.05, 4.69) is 15.1 Å². The zero-order valence-corrected chi connectivity index (χ0v) is 17.3. The number of aromatic nitrogens is 2. The molecule has 4 rings (SSSR count). The number of sulfonamides is 1. The van der Waals surface area contributed by atoms with Gasteiger partial charge in [-0.3, -0.25) is 4.79 Å². The van der Waals surface area contributed by atoms with Crippen LogP contribution in [0.2, 0.25) is 0 Å². The van der Waals surface area contributed by atoms with Crippen LogP contribution in [-0.2, 0) is 10.0 Å². The first kappa shape index (κ1) is 20.1. The highest BCUT2D eigenvalue weighted by molar-refractivity contribution is 7.89. The van der Waals surface area contributed by atoms with Crippen molar-refractivity contribution in [3.05, 3.63) is 42.1 Å². The number of hydrogen-bond donors (Lipinski definition) is 2. The molecule has 1 amide bonds. The summed E-state index contributed by atoms with van der Waals surface area (Å²) >= 11 is 0. The van der Waals surface area contributed by atoms with E-state index in [0.717, 1.165) is 38.5 Å². The third-order valence-electron chi connectivity index (χ3n) is 5.92. The van der Waals surface area contributed by atoms with Crippen molar-refractivity contribution in [1.82, 2.24) is 14.5 Å². The van der Waals surface area contributed by atoms with E-state index in [0.29, 0.717) is 17.4 Å². The summed E-state index contributed by atoms with van der Waals surface area (Å²) in [5.41, 5.74) is 0.315. The molecule has 2 aliphatic carbocycles. The second kappa shape index (κ2) is 8.67. The van der Waals surface area contributed by atoms with E-state index in [1.165, 1.54) is 31.4 Å². The summed E-state index contributed by atoms with van der Waals surface area (Å²) in [5.74, 6) is 0.319. The topological polar surface area (TPSA) is 93.1 Å². The molecular weight excluding hydrogens is 388 g/mol. The van der Waals surface area contributed by atoms with Gasteiger partial charge in [-0.05, 0) is 43.9 Å². The zero-order valence-electron chi connectivity index (χ0n) is 16.5. The van der Waals surface area contributed by atoms with Crippen molar-refractivity contribution < 1.29 is 13.2 Å². The highest BCUT2D eigenvalue weighted by Crippen LogP contribution is 2.30. The fourth-order valence-electron chi connectivity index (χ4n) is 4.35. The van der Waals surface area contributed by atoms with Crippen LogP contribution in [0, 0.1) is 0 Å².